The number of nitrogens with zero attached hydrogens (tertiary/aromatic N) is 1. The van der Waals surface area contributed by atoms with E-state index in [-0.39, 0.29) is 24.6 Å². The Labute approximate surface area is 206 Å². The van der Waals surface area contributed by atoms with Crippen LogP contribution in [0.1, 0.15) is 5.56 Å². The fourth-order valence-electron chi connectivity index (χ4n) is 3.34. The van der Waals surface area contributed by atoms with Crippen LogP contribution in [0.5, 0.6) is 5.75 Å². The van der Waals surface area contributed by atoms with Gasteiger partial charge in [-0.15, -0.1) is 0 Å². The van der Waals surface area contributed by atoms with Crippen LogP contribution in [-0.2, 0) is 11.2 Å². The number of urea groups is 1. The maximum Gasteiger partial charge on any atom is 0.319 e. The summed E-state index contributed by atoms with van der Waals surface area (Å²) in [6, 6.07) is 19.3. The average molecular weight is 508 g/mol. The number of hydrogen-bond acceptors (Lipinski definition) is 3. The first-order valence-corrected chi connectivity index (χ1v) is 11.0. The molecule has 0 aliphatic rings. The lowest BCUT2D eigenvalue weighted by Crippen LogP contribution is -2.51. The average Bonchev–Trinajstić information content (AvgIpc) is 2.79. The minimum atomic E-state index is -1.55. The van der Waals surface area contributed by atoms with E-state index in [1.807, 2.05) is 6.07 Å². The summed E-state index contributed by atoms with van der Waals surface area (Å²) in [5.41, 5.74) is 5.12. The smallest absolute Gasteiger partial charge is 0.319 e. The van der Waals surface area contributed by atoms with Gasteiger partial charge in [0, 0.05) is 17.3 Å². The Balaban J connectivity index is 2.01. The van der Waals surface area contributed by atoms with Crippen molar-refractivity contribution in [2.75, 3.05) is 18.1 Å². The molecule has 1 unspecified atom stereocenters. The predicted octanol–water partition coefficient (Wildman–Crippen LogP) is 5.92. The highest BCUT2D eigenvalue weighted by Crippen LogP contribution is 2.32. The highest BCUT2D eigenvalue weighted by Gasteiger charge is 2.43. The van der Waals surface area contributed by atoms with Crippen molar-refractivity contribution in [2.45, 2.75) is 6.42 Å². The lowest BCUT2D eigenvalue weighted by Gasteiger charge is -2.34. The van der Waals surface area contributed by atoms with Crippen molar-refractivity contribution in [1.29, 1.82) is 0 Å². The van der Waals surface area contributed by atoms with E-state index in [1.165, 1.54) is 12.1 Å². The number of benzene rings is 3. The van der Waals surface area contributed by atoms with Gasteiger partial charge in [-0.05, 0) is 54.4 Å². The van der Waals surface area contributed by atoms with E-state index in [0.29, 0.717) is 27.0 Å². The number of ether oxygens (including phenoxy) is 1. The summed E-state index contributed by atoms with van der Waals surface area (Å²) < 4.78 is 5.86. The van der Waals surface area contributed by atoms with Crippen molar-refractivity contribution >= 4 is 52.5 Å². The van der Waals surface area contributed by atoms with Crippen LogP contribution < -0.4 is 15.4 Å². The first-order chi connectivity index (χ1) is 15.7. The van der Waals surface area contributed by atoms with E-state index in [2.05, 4.69) is 0 Å². The number of carbonyl (C=O) groups is 2. The summed E-state index contributed by atoms with van der Waals surface area (Å²) in [7, 11) is 0. The molecule has 0 aromatic heterocycles. The monoisotopic (exact) mass is 506 g/mol. The molecule has 3 aromatic rings. The van der Waals surface area contributed by atoms with Gasteiger partial charge in [0.05, 0.1) is 10.0 Å². The number of hydrogen-bond donors (Lipinski definition) is 2. The van der Waals surface area contributed by atoms with Gasteiger partial charge >= 0.3 is 12.0 Å². The molecule has 3 N–H and O–H groups in total. The third-order valence-electron chi connectivity index (χ3n) is 5.11. The van der Waals surface area contributed by atoms with E-state index >= 15 is 0 Å². The van der Waals surface area contributed by atoms with Crippen LogP contribution in [-0.4, -0.2) is 30.3 Å². The van der Waals surface area contributed by atoms with Gasteiger partial charge in [-0.3, -0.25) is 9.69 Å². The summed E-state index contributed by atoms with van der Waals surface area (Å²) in [5, 5.41) is 11.4. The molecule has 0 aliphatic carbocycles. The highest BCUT2D eigenvalue weighted by atomic mass is 35.5. The van der Waals surface area contributed by atoms with E-state index in [0.717, 1.165) is 4.90 Å². The maximum atomic E-state index is 12.7. The standard InChI is InChI=1S/C24H21Cl3N2O4/c25-17-8-6-16(7-9-17)13-24(22(30)31,15-33-19-4-2-1-3-5-19)14-29(23(28)32)18-10-11-20(26)21(27)12-18/h1-12H,13-15H2,(H2,28,32)(H,30,31). The minimum absolute atomic E-state index is 0.0530. The number of nitrogens with two attached hydrogens (primary N) is 1. The Kier molecular flexibility index (Phi) is 8.08. The van der Waals surface area contributed by atoms with Crippen molar-refractivity contribution in [1.82, 2.24) is 0 Å². The molecule has 0 bridgehead atoms. The van der Waals surface area contributed by atoms with Crippen LogP contribution >= 0.6 is 34.8 Å². The molecule has 0 saturated carbocycles. The molecule has 0 aliphatic heterocycles. The van der Waals surface area contributed by atoms with Crippen LogP contribution in [0.4, 0.5) is 10.5 Å². The quantitative estimate of drug-likeness (QED) is 0.376. The molecule has 3 rings (SSSR count). The molecule has 2 amide bonds. The van der Waals surface area contributed by atoms with E-state index in [1.54, 1.807) is 54.6 Å². The number of amides is 2. The second-order valence-electron chi connectivity index (χ2n) is 7.51. The Hall–Kier alpha value is -2.93. The van der Waals surface area contributed by atoms with Gasteiger partial charge in [0.2, 0.25) is 0 Å². The molecular formula is C24H21Cl3N2O4. The highest BCUT2D eigenvalue weighted by molar-refractivity contribution is 6.42. The predicted molar refractivity (Wildman–Crippen MR) is 131 cm³/mol. The molecule has 0 heterocycles. The zero-order valence-electron chi connectivity index (χ0n) is 17.4. The second kappa shape index (κ2) is 10.8. The molecular weight excluding hydrogens is 487 g/mol. The lowest BCUT2D eigenvalue weighted by atomic mass is 9.81. The molecule has 9 heteroatoms. The Morgan fingerprint density at radius 1 is 0.939 bits per heavy atom. The zero-order valence-corrected chi connectivity index (χ0v) is 19.6. The third-order valence-corrected chi connectivity index (χ3v) is 6.10. The number of aliphatic carboxylic acids is 1. The first kappa shape index (κ1) is 24.7. The molecule has 0 saturated heterocycles. The topological polar surface area (TPSA) is 92.9 Å². The summed E-state index contributed by atoms with van der Waals surface area (Å²) in [4.78, 5) is 26.2. The molecule has 3 aromatic carbocycles. The molecule has 172 valence electrons. The second-order valence-corrected chi connectivity index (χ2v) is 8.76. The van der Waals surface area contributed by atoms with E-state index in [4.69, 9.17) is 45.3 Å². The molecule has 6 nitrogen and oxygen atoms in total. The Bertz CT molecular complexity index is 1130. The maximum absolute atomic E-state index is 12.7. The number of carboxylic acids is 1. The van der Waals surface area contributed by atoms with Gasteiger partial charge in [-0.2, -0.15) is 0 Å². The molecule has 0 radical (unpaired) electrons. The van der Waals surface area contributed by atoms with Crippen LogP contribution in [0.15, 0.2) is 72.8 Å². The molecule has 0 fully saturated rings. The van der Waals surface area contributed by atoms with Gasteiger partial charge in [0.15, 0.2) is 0 Å². The number of halogens is 3. The van der Waals surface area contributed by atoms with Gasteiger partial charge in [-0.1, -0.05) is 65.1 Å². The minimum Gasteiger partial charge on any atom is -0.492 e. The SMILES string of the molecule is NC(=O)N(CC(COc1ccccc1)(Cc1ccc(Cl)cc1)C(=O)O)c1ccc(Cl)c(Cl)c1. The normalized spacial score (nSPS) is 12.6. The largest absolute Gasteiger partial charge is 0.492 e. The number of carbonyl (C=O) groups excluding carboxylic acids is 1. The fourth-order valence-corrected chi connectivity index (χ4v) is 3.76. The van der Waals surface area contributed by atoms with Crippen LogP contribution in [0, 0.1) is 5.41 Å². The lowest BCUT2D eigenvalue weighted by molar-refractivity contribution is -0.150. The number of primary amides is 1. The Morgan fingerprint density at radius 3 is 2.18 bits per heavy atom. The number of anilines is 1. The van der Waals surface area contributed by atoms with Crippen molar-refractivity contribution in [3.05, 3.63) is 93.4 Å². The van der Waals surface area contributed by atoms with Crippen molar-refractivity contribution < 1.29 is 19.4 Å². The molecule has 0 spiro atoms. The summed E-state index contributed by atoms with van der Waals surface area (Å²) in [5.74, 6) is -0.654. The molecule has 1 atom stereocenters. The summed E-state index contributed by atoms with van der Waals surface area (Å²) in [6.45, 7) is -0.495. The van der Waals surface area contributed by atoms with Crippen molar-refractivity contribution in [3.8, 4) is 5.75 Å². The molecule has 33 heavy (non-hydrogen) atoms. The Morgan fingerprint density at radius 2 is 1.61 bits per heavy atom. The number of carboxylic acid groups (broad SMARTS) is 1. The van der Waals surface area contributed by atoms with Crippen LogP contribution in [0.25, 0.3) is 0 Å². The van der Waals surface area contributed by atoms with Gasteiger partial charge in [0.1, 0.15) is 17.8 Å². The van der Waals surface area contributed by atoms with E-state index < -0.39 is 17.4 Å². The van der Waals surface area contributed by atoms with Crippen LogP contribution in [0.3, 0.4) is 0 Å². The zero-order chi connectivity index (χ0) is 24.0. The number of para-hydroxylation sites is 1. The van der Waals surface area contributed by atoms with Gasteiger partial charge < -0.3 is 15.6 Å². The van der Waals surface area contributed by atoms with Crippen molar-refractivity contribution in [2.24, 2.45) is 11.1 Å². The van der Waals surface area contributed by atoms with Gasteiger partial charge in [0.25, 0.3) is 0 Å². The summed E-state index contributed by atoms with van der Waals surface area (Å²) in [6.07, 6.45) is 0.0530. The first-order valence-electron chi connectivity index (χ1n) is 9.88. The van der Waals surface area contributed by atoms with E-state index in [9.17, 15) is 14.7 Å². The fraction of sp³-hybridized carbons (Fsp3) is 0.167. The summed E-state index contributed by atoms with van der Waals surface area (Å²) >= 11 is 18.1. The van der Waals surface area contributed by atoms with Crippen molar-refractivity contribution in [3.63, 3.8) is 0 Å². The number of rotatable bonds is 9. The van der Waals surface area contributed by atoms with Gasteiger partial charge in [-0.25, -0.2) is 4.79 Å². The van der Waals surface area contributed by atoms with Crippen LogP contribution in [0.2, 0.25) is 15.1 Å². The third kappa shape index (κ3) is 6.32.